The Morgan fingerprint density at radius 1 is 1.24 bits per heavy atom. The number of hydrogen-bond acceptors (Lipinski definition) is 3. The Labute approximate surface area is 101 Å². The molecular formula is C13H17NO3. The van der Waals surface area contributed by atoms with Gasteiger partial charge < -0.3 is 14.7 Å². The lowest BCUT2D eigenvalue weighted by Gasteiger charge is -2.36. The number of carbonyl (C=O) groups is 1. The highest BCUT2D eigenvalue weighted by Crippen LogP contribution is 2.20. The van der Waals surface area contributed by atoms with E-state index in [1.54, 1.807) is 12.1 Å². The Bertz CT molecular complexity index is 392. The Morgan fingerprint density at radius 2 is 1.76 bits per heavy atom. The van der Waals surface area contributed by atoms with Crippen LogP contribution in [-0.4, -0.2) is 36.4 Å². The van der Waals surface area contributed by atoms with Crippen LogP contribution < -0.4 is 4.90 Å². The molecule has 1 aliphatic heterocycles. The molecule has 92 valence electrons. The largest absolute Gasteiger partial charge is 0.478 e. The number of morpholine rings is 1. The van der Waals surface area contributed by atoms with Crippen molar-refractivity contribution in [1.29, 1.82) is 0 Å². The summed E-state index contributed by atoms with van der Waals surface area (Å²) in [4.78, 5) is 13.0. The molecule has 1 saturated heterocycles. The van der Waals surface area contributed by atoms with Crippen molar-refractivity contribution in [2.75, 3.05) is 18.0 Å². The van der Waals surface area contributed by atoms with Crippen LogP contribution in [-0.2, 0) is 4.74 Å². The average Bonchev–Trinajstić information content (AvgIpc) is 2.28. The number of carboxylic acid groups (broad SMARTS) is 1. The molecule has 0 radical (unpaired) electrons. The predicted molar refractivity (Wildman–Crippen MR) is 65.6 cm³/mol. The van der Waals surface area contributed by atoms with Gasteiger partial charge in [-0.05, 0) is 38.1 Å². The first-order valence-electron chi connectivity index (χ1n) is 5.80. The van der Waals surface area contributed by atoms with Gasteiger partial charge in [-0.15, -0.1) is 0 Å². The molecule has 1 fully saturated rings. The zero-order valence-electron chi connectivity index (χ0n) is 10.1. The monoisotopic (exact) mass is 235 g/mol. The highest BCUT2D eigenvalue weighted by atomic mass is 16.5. The van der Waals surface area contributed by atoms with E-state index in [4.69, 9.17) is 9.84 Å². The Morgan fingerprint density at radius 3 is 2.24 bits per heavy atom. The van der Waals surface area contributed by atoms with E-state index in [1.165, 1.54) is 0 Å². The Kier molecular flexibility index (Phi) is 3.33. The fraction of sp³-hybridized carbons (Fsp3) is 0.462. The van der Waals surface area contributed by atoms with E-state index in [0.29, 0.717) is 5.56 Å². The molecule has 2 atom stereocenters. The lowest BCUT2D eigenvalue weighted by molar-refractivity contribution is -0.00522. The number of benzene rings is 1. The molecule has 4 heteroatoms. The fourth-order valence-electron chi connectivity index (χ4n) is 2.20. The summed E-state index contributed by atoms with van der Waals surface area (Å²) < 4.78 is 5.66. The minimum absolute atomic E-state index is 0.206. The van der Waals surface area contributed by atoms with Crippen molar-refractivity contribution in [3.8, 4) is 0 Å². The lowest BCUT2D eigenvalue weighted by Crippen LogP contribution is -2.45. The van der Waals surface area contributed by atoms with Crippen LogP contribution >= 0.6 is 0 Å². The van der Waals surface area contributed by atoms with Gasteiger partial charge in [0.25, 0.3) is 0 Å². The number of nitrogens with zero attached hydrogens (tertiary/aromatic N) is 1. The molecule has 0 bridgehead atoms. The number of ether oxygens (including phenoxy) is 1. The van der Waals surface area contributed by atoms with Crippen LogP contribution in [0.25, 0.3) is 0 Å². The van der Waals surface area contributed by atoms with Gasteiger partial charge in [-0.25, -0.2) is 4.79 Å². The zero-order valence-corrected chi connectivity index (χ0v) is 10.1. The molecule has 2 rings (SSSR count). The summed E-state index contributed by atoms with van der Waals surface area (Å²) in [6, 6.07) is 6.99. The average molecular weight is 235 g/mol. The van der Waals surface area contributed by atoms with Crippen LogP contribution in [0.2, 0.25) is 0 Å². The van der Waals surface area contributed by atoms with E-state index in [9.17, 15) is 4.79 Å². The minimum atomic E-state index is -0.889. The molecule has 0 saturated carbocycles. The molecule has 0 amide bonds. The van der Waals surface area contributed by atoms with Crippen molar-refractivity contribution in [3.05, 3.63) is 29.8 Å². The lowest BCUT2D eigenvalue weighted by atomic mass is 10.1. The molecule has 1 aromatic rings. The number of rotatable bonds is 2. The van der Waals surface area contributed by atoms with E-state index in [2.05, 4.69) is 4.90 Å². The summed E-state index contributed by atoms with van der Waals surface area (Å²) in [6.45, 7) is 5.79. The summed E-state index contributed by atoms with van der Waals surface area (Å²) >= 11 is 0. The van der Waals surface area contributed by atoms with Crippen LogP contribution in [0.4, 0.5) is 5.69 Å². The second kappa shape index (κ2) is 4.75. The minimum Gasteiger partial charge on any atom is -0.478 e. The molecule has 0 aromatic heterocycles. The van der Waals surface area contributed by atoms with Gasteiger partial charge in [0.2, 0.25) is 0 Å². The second-order valence-electron chi connectivity index (χ2n) is 4.51. The number of hydrogen-bond donors (Lipinski definition) is 1. The molecule has 1 aromatic carbocycles. The van der Waals surface area contributed by atoms with E-state index in [1.807, 2.05) is 26.0 Å². The van der Waals surface area contributed by atoms with Crippen LogP contribution in [0.3, 0.4) is 0 Å². The second-order valence-corrected chi connectivity index (χ2v) is 4.51. The molecule has 1 N–H and O–H groups in total. The van der Waals surface area contributed by atoms with Gasteiger partial charge in [0.15, 0.2) is 0 Å². The van der Waals surface area contributed by atoms with Gasteiger partial charge >= 0.3 is 5.97 Å². The third-order valence-corrected chi connectivity index (χ3v) is 2.90. The topological polar surface area (TPSA) is 49.8 Å². The summed E-state index contributed by atoms with van der Waals surface area (Å²) in [6.07, 6.45) is 0.413. The molecule has 0 aliphatic carbocycles. The first-order chi connectivity index (χ1) is 8.06. The van der Waals surface area contributed by atoms with Gasteiger partial charge in [-0.2, -0.15) is 0 Å². The first kappa shape index (κ1) is 11.9. The smallest absolute Gasteiger partial charge is 0.335 e. The fourth-order valence-corrected chi connectivity index (χ4v) is 2.20. The molecular weight excluding hydrogens is 218 g/mol. The Balaban J connectivity index is 2.14. The molecule has 17 heavy (non-hydrogen) atoms. The maximum Gasteiger partial charge on any atom is 0.335 e. The molecule has 1 aliphatic rings. The van der Waals surface area contributed by atoms with Gasteiger partial charge in [0.05, 0.1) is 17.8 Å². The normalized spacial score (nSPS) is 24.7. The van der Waals surface area contributed by atoms with Crippen molar-refractivity contribution < 1.29 is 14.6 Å². The maximum absolute atomic E-state index is 10.8. The van der Waals surface area contributed by atoms with Crippen molar-refractivity contribution in [3.63, 3.8) is 0 Å². The quantitative estimate of drug-likeness (QED) is 0.851. The van der Waals surface area contributed by atoms with Gasteiger partial charge in [-0.1, -0.05) is 0 Å². The van der Waals surface area contributed by atoms with Gasteiger partial charge in [-0.3, -0.25) is 0 Å². The van der Waals surface area contributed by atoms with Crippen molar-refractivity contribution >= 4 is 11.7 Å². The third-order valence-electron chi connectivity index (χ3n) is 2.90. The summed E-state index contributed by atoms with van der Waals surface area (Å²) in [5, 5.41) is 8.84. The van der Waals surface area contributed by atoms with E-state index in [0.717, 1.165) is 18.8 Å². The zero-order chi connectivity index (χ0) is 12.4. The Hall–Kier alpha value is -1.55. The first-order valence-corrected chi connectivity index (χ1v) is 5.80. The van der Waals surface area contributed by atoms with Crippen LogP contribution in [0.15, 0.2) is 24.3 Å². The molecule has 1 heterocycles. The number of aromatic carboxylic acids is 1. The molecule has 4 nitrogen and oxygen atoms in total. The van der Waals surface area contributed by atoms with E-state index >= 15 is 0 Å². The van der Waals surface area contributed by atoms with Crippen molar-refractivity contribution in [1.82, 2.24) is 0 Å². The third kappa shape index (κ3) is 2.77. The van der Waals surface area contributed by atoms with E-state index in [-0.39, 0.29) is 12.2 Å². The molecule has 2 unspecified atom stereocenters. The van der Waals surface area contributed by atoms with Crippen molar-refractivity contribution in [2.45, 2.75) is 26.1 Å². The van der Waals surface area contributed by atoms with Gasteiger partial charge in [0.1, 0.15) is 0 Å². The number of carboxylic acids is 1. The maximum atomic E-state index is 10.8. The summed E-state index contributed by atoms with van der Waals surface area (Å²) in [5.74, 6) is -0.889. The van der Waals surface area contributed by atoms with E-state index < -0.39 is 5.97 Å². The predicted octanol–water partition coefficient (Wildman–Crippen LogP) is 2.00. The van der Waals surface area contributed by atoms with Crippen LogP contribution in [0, 0.1) is 0 Å². The molecule has 0 spiro atoms. The highest BCUT2D eigenvalue weighted by Gasteiger charge is 2.22. The summed E-state index contributed by atoms with van der Waals surface area (Å²) in [5.41, 5.74) is 1.38. The van der Waals surface area contributed by atoms with Crippen LogP contribution in [0.1, 0.15) is 24.2 Å². The van der Waals surface area contributed by atoms with Crippen molar-refractivity contribution in [2.24, 2.45) is 0 Å². The number of anilines is 1. The standard InChI is InChI=1S/C13H17NO3/c1-9-7-14(8-10(2)17-9)12-5-3-11(4-6-12)13(15)16/h3-6,9-10H,7-8H2,1-2H3,(H,15,16). The van der Waals surface area contributed by atoms with Crippen LogP contribution in [0.5, 0.6) is 0 Å². The SMILES string of the molecule is CC1CN(c2ccc(C(=O)O)cc2)CC(C)O1. The van der Waals surface area contributed by atoms with Gasteiger partial charge in [0, 0.05) is 18.8 Å². The highest BCUT2D eigenvalue weighted by molar-refractivity contribution is 5.88. The summed E-state index contributed by atoms with van der Waals surface area (Å²) in [7, 11) is 0.